The van der Waals surface area contributed by atoms with Crippen molar-refractivity contribution in [2.75, 3.05) is 4.90 Å². The van der Waals surface area contributed by atoms with Gasteiger partial charge in [0.1, 0.15) is 16.7 Å². The smallest absolute Gasteiger partial charge is 0.264 e. The summed E-state index contributed by atoms with van der Waals surface area (Å²) in [4.78, 5) is 28.0. The largest absolute Gasteiger partial charge is 0.347 e. The van der Waals surface area contributed by atoms with E-state index in [0.717, 1.165) is 17.5 Å². The van der Waals surface area contributed by atoms with Crippen molar-refractivity contribution < 1.29 is 9.59 Å². The van der Waals surface area contributed by atoms with Crippen molar-refractivity contribution in [1.29, 1.82) is 5.26 Å². The maximum absolute atomic E-state index is 13.5. The van der Waals surface area contributed by atoms with E-state index in [9.17, 15) is 14.9 Å². The average molecular weight is 468 g/mol. The van der Waals surface area contributed by atoms with Crippen molar-refractivity contribution in [3.63, 3.8) is 0 Å². The van der Waals surface area contributed by atoms with Crippen molar-refractivity contribution >= 4 is 29.3 Å². The number of nitriles is 1. The molecule has 0 saturated carbocycles. The number of hydrogen-bond donors (Lipinski definition) is 1. The second-order valence-corrected chi connectivity index (χ2v) is 9.14. The molecule has 0 aliphatic carbocycles. The highest BCUT2D eigenvalue weighted by atomic mass is 32.2. The Labute approximate surface area is 204 Å². The minimum atomic E-state index is -0.490. The third-order valence-electron chi connectivity index (χ3n) is 5.67. The normalized spacial score (nSPS) is 16.8. The van der Waals surface area contributed by atoms with Crippen molar-refractivity contribution in [2.24, 2.45) is 0 Å². The van der Waals surface area contributed by atoms with E-state index >= 15 is 0 Å². The summed E-state index contributed by atoms with van der Waals surface area (Å²) in [5.74, 6) is -0.620. The topological polar surface area (TPSA) is 73.2 Å². The number of carbonyl (C=O) groups is 2. The summed E-state index contributed by atoms with van der Waals surface area (Å²) in [5, 5.41) is 12.7. The lowest BCUT2D eigenvalue weighted by atomic mass is 10.1. The van der Waals surface area contributed by atoms with E-state index in [2.05, 4.69) is 30.4 Å². The highest BCUT2D eigenvalue weighted by molar-refractivity contribution is 8.05. The number of aryl methyl sites for hydroxylation is 1. The summed E-state index contributed by atoms with van der Waals surface area (Å²) < 4.78 is 0. The molecule has 1 atom stereocenters. The van der Waals surface area contributed by atoms with Crippen LogP contribution in [0.25, 0.3) is 0 Å². The molecule has 1 heterocycles. The zero-order valence-corrected chi connectivity index (χ0v) is 19.7. The first kappa shape index (κ1) is 23.3. The summed E-state index contributed by atoms with van der Waals surface area (Å²) in [6, 6.07) is 29.0. The molecule has 3 aromatic rings. The fourth-order valence-corrected chi connectivity index (χ4v) is 5.10. The number of carbonyl (C=O) groups excluding carboxylic acids is 2. The van der Waals surface area contributed by atoms with Crippen LogP contribution >= 0.6 is 11.8 Å². The predicted molar refractivity (Wildman–Crippen MR) is 136 cm³/mol. The number of nitrogens with one attached hydrogen (secondary N) is 1. The second kappa shape index (κ2) is 10.9. The molecule has 0 radical (unpaired) electrons. The molecular weight excluding hydrogens is 442 g/mol. The van der Waals surface area contributed by atoms with Gasteiger partial charge in [0.25, 0.3) is 5.91 Å². The second-order valence-electron chi connectivity index (χ2n) is 7.95. The molecule has 34 heavy (non-hydrogen) atoms. The number of rotatable bonds is 7. The highest BCUT2D eigenvalue weighted by Gasteiger charge is 2.40. The van der Waals surface area contributed by atoms with Crippen LogP contribution in [-0.4, -0.2) is 17.1 Å². The number of thioether (sulfide) groups is 1. The predicted octanol–water partition coefficient (Wildman–Crippen LogP) is 4.99. The maximum Gasteiger partial charge on any atom is 0.264 e. The Bertz CT molecular complexity index is 1230. The van der Waals surface area contributed by atoms with Crippen LogP contribution in [0.1, 0.15) is 23.6 Å². The van der Waals surface area contributed by atoms with Crippen LogP contribution in [0, 0.1) is 11.3 Å². The molecule has 1 fully saturated rings. The fourth-order valence-electron chi connectivity index (χ4n) is 3.79. The monoisotopic (exact) mass is 467 g/mol. The third-order valence-corrected chi connectivity index (χ3v) is 6.93. The van der Waals surface area contributed by atoms with Gasteiger partial charge in [-0.05, 0) is 41.7 Å². The van der Waals surface area contributed by atoms with Crippen LogP contribution < -0.4 is 10.2 Å². The molecule has 1 unspecified atom stereocenters. The molecular formula is C28H25N3O2S. The van der Waals surface area contributed by atoms with Crippen molar-refractivity contribution in [2.45, 2.75) is 31.6 Å². The molecule has 1 aliphatic rings. The molecule has 4 rings (SSSR count). The molecule has 2 amide bonds. The fraction of sp³-hybridized carbons (Fsp3) is 0.179. The van der Waals surface area contributed by atoms with Gasteiger partial charge >= 0.3 is 0 Å². The molecule has 0 bridgehead atoms. The maximum atomic E-state index is 13.5. The van der Waals surface area contributed by atoms with Gasteiger partial charge in [0.15, 0.2) is 0 Å². The highest BCUT2D eigenvalue weighted by Crippen LogP contribution is 2.41. The van der Waals surface area contributed by atoms with Gasteiger partial charge < -0.3 is 5.32 Å². The molecule has 3 aromatic carbocycles. The summed E-state index contributed by atoms with van der Waals surface area (Å²) >= 11 is 1.28. The van der Waals surface area contributed by atoms with Crippen LogP contribution in [0.15, 0.2) is 95.5 Å². The van der Waals surface area contributed by atoms with Gasteiger partial charge in [-0.1, -0.05) is 91.5 Å². The van der Waals surface area contributed by atoms with Crippen LogP contribution in [0.4, 0.5) is 5.69 Å². The van der Waals surface area contributed by atoms with Crippen molar-refractivity contribution in [3.8, 4) is 6.07 Å². The average Bonchev–Trinajstić information content (AvgIpc) is 3.20. The Morgan fingerprint density at radius 1 is 0.941 bits per heavy atom. The Hall–Kier alpha value is -3.82. The summed E-state index contributed by atoms with van der Waals surface area (Å²) in [6.07, 6.45) is 1.47. The Morgan fingerprint density at radius 3 is 2.18 bits per heavy atom. The van der Waals surface area contributed by atoms with E-state index in [1.54, 1.807) is 0 Å². The SMILES string of the molecule is CCc1ccc(CC2S/C(=C(/C#N)C(=O)NCc3ccccc3)N(c3ccccc3)C2=O)cc1. The van der Waals surface area contributed by atoms with E-state index in [1.807, 2.05) is 72.8 Å². The van der Waals surface area contributed by atoms with Crippen molar-refractivity contribution in [3.05, 3.63) is 112 Å². The van der Waals surface area contributed by atoms with Crippen LogP contribution in [0.2, 0.25) is 0 Å². The number of benzene rings is 3. The number of nitrogens with zero attached hydrogens (tertiary/aromatic N) is 2. The number of para-hydroxylation sites is 1. The van der Waals surface area contributed by atoms with Gasteiger partial charge in [-0.25, -0.2) is 0 Å². The lowest BCUT2D eigenvalue weighted by Gasteiger charge is -2.18. The third kappa shape index (κ3) is 5.22. The summed E-state index contributed by atoms with van der Waals surface area (Å²) in [5.41, 5.74) is 3.80. The number of amides is 2. The van der Waals surface area contributed by atoms with E-state index < -0.39 is 11.2 Å². The van der Waals surface area contributed by atoms with Gasteiger partial charge in [-0.3, -0.25) is 14.5 Å². The first-order valence-corrected chi connectivity index (χ1v) is 12.1. The minimum Gasteiger partial charge on any atom is -0.347 e. The molecule has 170 valence electrons. The Kier molecular flexibility index (Phi) is 7.46. The van der Waals surface area contributed by atoms with Crippen LogP contribution in [0.5, 0.6) is 0 Å². The Balaban J connectivity index is 1.63. The summed E-state index contributed by atoms with van der Waals surface area (Å²) in [7, 11) is 0. The zero-order valence-electron chi connectivity index (χ0n) is 18.9. The first-order valence-electron chi connectivity index (χ1n) is 11.2. The number of hydrogen-bond acceptors (Lipinski definition) is 4. The van der Waals surface area contributed by atoms with Gasteiger partial charge in [-0.15, -0.1) is 0 Å². The molecule has 1 N–H and O–H groups in total. The number of anilines is 1. The van der Waals surface area contributed by atoms with E-state index in [1.165, 1.54) is 22.2 Å². The van der Waals surface area contributed by atoms with E-state index in [-0.39, 0.29) is 11.5 Å². The van der Waals surface area contributed by atoms with Gasteiger partial charge in [0, 0.05) is 12.2 Å². The quantitative estimate of drug-likeness (QED) is 0.392. The molecule has 0 aromatic heterocycles. The van der Waals surface area contributed by atoms with Gasteiger partial charge in [-0.2, -0.15) is 5.26 Å². The standard InChI is InChI=1S/C28H25N3O2S/c1-2-20-13-15-21(16-14-20)17-25-27(33)31(23-11-7-4-8-12-23)28(34-25)24(18-29)26(32)30-19-22-9-5-3-6-10-22/h3-16,25H,2,17,19H2,1H3,(H,30,32)/b28-24-. The van der Waals surface area contributed by atoms with Gasteiger partial charge in [0.2, 0.25) is 5.91 Å². The molecule has 1 saturated heterocycles. The van der Waals surface area contributed by atoms with Crippen molar-refractivity contribution in [1.82, 2.24) is 5.32 Å². The molecule has 1 aliphatic heterocycles. The summed E-state index contributed by atoms with van der Waals surface area (Å²) in [6.45, 7) is 2.40. The van der Waals surface area contributed by atoms with Crippen LogP contribution in [0.3, 0.4) is 0 Å². The minimum absolute atomic E-state index is 0.0537. The lowest BCUT2D eigenvalue weighted by Crippen LogP contribution is -2.32. The Morgan fingerprint density at radius 2 is 1.56 bits per heavy atom. The lowest BCUT2D eigenvalue weighted by molar-refractivity contribution is -0.117. The first-order chi connectivity index (χ1) is 16.6. The molecule has 6 heteroatoms. The van der Waals surface area contributed by atoms with E-state index in [0.29, 0.717) is 23.7 Å². The molecule has 0 spiro atoms. The van der Waals surface area contributed by atoms with Gasteiger partial charge in [0.05, 0.1) is 5.25 Å². The van der Waals surface area contributed by atoms with Crippen LogP contribution in [-0.2, 0) is 29.0 Å². The van der Waals surface area contributed by atoms with E-state index in [4.69, 9.17) is 0 Å². The zero-order chi connectivity index (χ0) is 23.9. The molecule has 5 nitrogen and oxygen atoms in total.